The number of carbonyl (C=O) groups excluding carboxylic acids is 1. The van der Waals surface area contributed by atoms with Gasteiger partial charge >= 0.3 is 0 Å². The predicted octanol–water partition coefficient (Wildman–Crippen LogP) is 1.94. The van der Waals surface area contributed by atoms with E-state index in [1.165, 1.54) is 11.3 Å². The average molecular weight is 243 g/mol. The van der Waals surface area contributed by atoms with Gasteiger partial charge in [0.25, 0.3) is 5.91 Å². The number of ether oxygens (including phenoxy) is 1. The van der Waals surface area contributed by atoms with Crippen molar-refractivity contribution in [1.29, 1.82) is 0 Å². The summed E-state index contributed by atoms with van der Waals surface area (Å²) in [4.78, 5) is 13.2. The zero-order chi connectivity index (χ0) is 10.8. The predicted molar refractivity (Wildman–Crippen MR) is 62.9 cm³/mol. The summed E-state index contributed by atoms with van der Waals surface area (Å²) in [6.07, 6.45) is 2.15. The Labute approximate surface area is 98.2 Å². The van der Waals surface area contributed by atoms with Crippen LogP contribution in [0, 0.1) is 0 Å². The maximum absolute atomic E-state index is 11.7. The van der Waals surface area contributed by atoms with Gasteiger partial charge < -0.3 is 10.1 Å². The van der Waals surface area contributed by atoms with Gasteiger partial charge in [-0.1, -0.05) is 0 Å². The zero-order valence-electron chi connectivity index (χ0n) is 8.40. The summed E-state index contributed by atoms with van der Waals surface area (Å²) in [5.74, 6) is -0.000136. The van der Waals surface area contributed by atoms with Crippen LogP contribution in [-0.4, -0.2) is 25.2 Å². The van der Waals surface area contributed by atoms with Crippen LogP contribution in [0.3, 0.4) is 0 Å². The minimum atomic E-state index is -0.000136. The van der Waals surface area contributed by atoms with Gasteiger partial charge in [-0.2, -0.15) is 0 Å². The second kappa shape index (κ2) is 4.55. The Balaban J connectivity index is 1.84. The van der Waals surface area contributed by atoms with E-state index in [2.05, 4.69) is 17.9 Å². The Morgan fingerprint density at radius 1 is 1.67 bits per heavy atom. The van der Waals surface area contributed by atoms with Gasteiger partial charge in [0.2, 0.25) is 0 Å². The summed E-state index contributed by atoms with van der Waals surface area (Å²) >= 11 is 5.59. The van der Waals surface area contributed by atoms with Crippen molar-refractivity contribution in [3.8, 4) is 0 Å². The van der Waals surface area contributed by atoms with Gasteiger partial charge in [-0.3, -0.25) is 4.79 Å². The summed E-state index contributed by atoms with van der Waals surface area (Å²) in [7, 11) is 1.70. The van der Waals surface area contributed by atoms with Crippen molar-refractivity contribution in [2.45, 2.75) is 29.9 Å². The third kappa shape index (κ3) is 2.53. The van der Waals surface area contributed by atoms with E-state index in [1.54, 1.807) is 13.2 Å². The normalized spacial score (nSPS) is 24.7. The molecule has 0 spiro atoms. The summed E-state index contributed by atoms with van der Waals surface area (Å²) < 4.78 is 5.15. The first kappa shape index (κ1) is 11.0. The summed E-state index contributed by atoms with van der Waals surface area (Å²) in [6, 6.07) is 2.06. The lowest BCUT2D eigenvalue weighted by molar-refractivity contribution is 0.0177. The molecule has 0 atom stereocenters. The molecule has 1 aromatic heterocycles. The molecule has 1 aromatic rings. The molecule has 1 aliphatic carbocycles. The molecule has 0 radical (unpaired) electrons. The van der Waals surface area contributed by atoms with E-state index in [0.717, 1.165) is 22.6 Å². The van der Waals surface area contributed by atoms with Crippen molar-refractivity contribution < 1.29 is 9.53 Å². The second-order valence-electron chi connectivity index (χ2n) is 3.67. The first-order valence-electron chi connectivity index (χ1n) is 4.80. The number of hydrogen-bond donors (Lipinski definition) is 2. The summed E-state index contributed by atoms with van der Waals surface area (Å²) in [5.41, 5.74) is 0. The van der Waals surface area contributed by atoms with Crippen molar-refractivity contribution in [3.63, 3.8) is 0 Å². The molecule has 0 unspecified atom stereocenters. The molecule has 0 saturated heterocycles. The Hall–Kier alpha value is -0.520. The molecule has 3 nitrogen and oxygen atoms in total. The number of rotatable bonds is 3. The molecule has 1 amide bonds. The van der Waals surface area contributed by atoms with Crippen LogP contribution in [0.25, 0.3) is 0 Å². The lowest BCUT2D eigenvalue weighted by Crippen LogP contribution is -2.47. The molecule has 5 heteroatoms. The molecule has 0 aliphatic heterocycles. The SMILES string of the molecule is COC1CC(NC(=O)c2cc(S)cs2)C1. The molecule has 1 fully saturated rings. The molecular formula is C10H13NO2S2. The van der Waals surface area contributed by atoms with Crippen LogP contribution in [0.1, 0.15) is 22.5 Å². The fourth-order valence-electron chi connectivity index (χ4n) is 1.58. The van der Waals surface area contributed by atoms with Crippen LogP contribution < -0.4 is 5.32 Å². The van der Waals surface area contributed by atoms with Gasteiger partial charge in [-0.15, -0.1) is 24.0 Å². The van der Waals surface area contributed by atoms with Gasteiger partial charge in [0, 0.05) is 23.4 Å². The van der Waals surface area contributed by atoms with Crippen molar-refractivity contribution in [3.05, 3.63) is 16.3 Å². The van der Waals surface area contributed by atoms with Crippen LogP contribution in [0.15, 0.2) is 16.3 Å². The minimum absolute atomic E-state index is 0.000136. The number of nitrogens with one attached hydrogen (secondary N) is 1. The highest BCUT2D eigenvalue weighted by Crippen LogP contribution is 2.24. The van der Waals surface area contributed by atoms with Crippen molar-refractivity contribution in [1.82, 2.24) is 5.32 Å². The molecule has 0 aromatic carbocycles. The van der Waals surface area contributed by atoms with Crippen molar-refractivity contribution in [2.75, 3.05) is 7.11 Å². The fourth-order valence-corrected chi connectivity index (χ4v) is 2.63. The average Bonchev–Trinajstić information content (AvgIpc) is 2.57. The highest BCUT2D eigenvalue weighted by Gasteiger charge is 2.30. The van der Waals surface area contributed by atoms with Gasteiger partial charge in [0.1, 0.15) is 0 Å². The maximum atomic E-state index is 11.7. The van der Waals surface area contributed by atoms with Crippen LogP contribution in [-0.2, 0) is 4.74 Å². The molecule has 1 heterocycles. The number of hydrogen-bond acceptors (Lipinski definition) is 4. The van der Waals surface area contributed by atoms with E-state index in [0.29, 0.717) is 6.10 Å². The summed E-state index contributed by atoms with van der Waals surface area (Å²) in [5, 5.41) is 4.83. The standard InChI is InChI=1S/C10H13NO2S2/c1-13-7-2-6(3-7)11-10(12)9-4-8(14)5-15-9/h4-7,14H,2-3H2,1H3,(H,11,12). The van der Waals surface area contributed by atoms with Crippen LogP contribution in [0.2, 0.25) is 0 Å². The zero-order valence-corrected chi connectivity index (χ0v) is 10.1. The van der Waals surface area contributed by atoms with E-state index in [4.69, 9.17) is 4.74 Å². The number of thiol groups is 1. The number of carbonyl (C=O) groups is 1. The van der Waals surface area contributed by atoms with Crippen molar-refractivity contribution in [2.24, 2.45) is 0 Å². The number of thiophene rings is 1. The fraction of sp³-hybridized carbons (Fsp3) is 0.500. The number of amides is 1. The molecule has 2 rings (SSSR count). The molecule has 1 aliphatic rings. The monoisotopic (exact) mass is 243 g/mol. The first-order valence-corrected chi connectivity index (χ1v) is 6.13. The molecule has 15 heavy (non-hydrogen) atoms. The second-order valence-corrected chi connectivity index (χ2v) is 5.10. The Kier molecular flexibility index (Phi) is 3.33. The highest BCUT2D eigenvalue weighted by atomic mass is 32.1. The van der Waals surface area contributed by atoms with Crippen LogP contribution >= 0.6 is 24.0 Å². The Morgan fingerprint density at radius 3 is 2.93 bits per heavy atom. The van der Waals surface area contributed by atoms with E-state index in [9.17, 15) is 4.79 Å². The van der Waals surface area contributed by atoms with Crippen LogP contribution in [0.5, 0.6) is 0 Å². The molecular weight excluding hydrogens is 230 g/mol. The third-order valence-electron chi connectivity index (χ3n) is 2.57. The Morgan fingerprint density at radius 2 is 2.40 bits per heavy atom. The smallest absolute Gasteiger partial charge is 0.261 e. The van der Waals surface area contributed by atoms with Gasteiger partial charge in [-0.25, -0.2) is 0 Å². The lowest BCUT2D eigenvalue weighted by atomic mass is 9.89. The summed E-state index contributed by atoms with van der Waals surface area (Å²) in [6.45, 7) is 0. The van der Waals surface area contributed by atoms with Gasteiger partial charge in [0.15, 0.2) is 0 Å². The molecule has 82 valence electrons. The molecule has 0 bridgehead atoms. The van der Waals surface area contributed by atoms with E-state index in [1.807, 2.05) is 5.38 Å². The third-order valence-corrected chi connectivity index (χ3v) is 3.93. The van der Waals surface area contributed by atoms with Crippen LogP contribution in [0.4, 0.5) is 0 Å². The lowest BCUT2D eigenvalue weighted by Gasteiger charge is -2.34. The first-order chi connectivity index (χ1) is 7.19. The molecule has 1 saturated carbocycles. The van der Waals surface area contributed by atoms with E-state index >= 15 is 0 Å². The molecule has 1 N–H and O–H groups in total. The van der Waals surface area contributed by atoms with Gasteiger partial charge in [-0.05, 0) is 18.9 Å². The highest BCUT2D eigenvalue weighted by molar-refractivity contribution is 7.80. The van der Waals surface area contributed by atoms with Gasteiger partial charge in [0.05, 0.1) is 11.0 Å². The van der Waals surface area contributed by atoms with Crippen molar-refractivity contribution >= 4 is 29.9 Å². The Bertz CT molecular complexity index is 358. The van der Waals surface area contributed by atoms with E-state index < -0.39 is 0 Å². The largest absolute Gasteiger partial charge is 0.381 e. The minimum Gasteiger partial charge on any atom is -0.381 e. The van der Waals surface area contributed by atoms with E-state index in [-0.39, 0.29) is 11.9 Å². The quantitative estimate of drug-likeness (QED) is 0.796. The maximum Gasteiger partial charge on any atom is 0.261 e. The number of methoxy groups -OCH3 is 1. The topological polar surface area (TPSA) is 38.3 Å².